The fraction of sp³-hybridized carbons (Fsp3) is 0.235. The zero-order valence-electron chi connectivity index (χ0n) is 12.1. The molecule has 0 atom stereocenters. The van der Waals surface area contributed by atoms with Gasteiger partial charge in [0, 0.05) is 18.0 Å². The van der Waals surface area contributed by atoms with Crippen molar-refractivity contribution in [2.75, 3.05) is 7.11 Å². The summed E-state index contributed by atoms with van der Waals surface area (Å²) in [4.78, 5) is 12.5. The zero-order valence-corrected chi connectivity index (χ0v) is 12.1. The van der Waals surface area contributed by atoms with E-state index in [9.17, 15) is 4.79 Å². The maximum absolute atomic E-state index is 12.5. The summed E-state index contributed by atoms with van der Waals surface area (Å²) in [6, 6.07) is 9.09. The Kier molecular flexibility index (Phi) is 4.41. The Labute approximate surface area is 119 Å². The summed E-state index contributed by atoms with van der Waals surface area (Å²) >= 11 is 0. The van der Waals surface area contributed by atoms with Crippen LogP contribution in [-0.2, 0) is 0 Å². The van der Waals surface area contributed by atoms with E-state index < -0.39 is 0 Å². The molecule has 0 aliphatic carbocycles. The Hall–Kier alpha value is -2.29. The molecule has 0 saturated heterocycles. The van der Waals surface area contributed by atoms with Crippen LogP contribution in [0.4, 0.5) is 0 Å². The summed E-state index contributed by atoms with van der Waals surface area (Å²) in [5, 5.41) is 0. The normalized spacial score (nSPS) is 10.9. The number of rotatable bonds is 5. The number of nitrogens with zero attached hydrogens (tertiary/aromatic N) is 1. The van der Waals surface area contributed by atoms with Gasteiger partial charge < -0.3 is 9.30 Å². The van der Waals surface area contributed by atoms with Gasteiger partial charge in [-0.2, -0.15) is 0 Å². The average molecular weight is 269 g/mol. The molecular weight excluding hydrogens is 250 g/mol. The van der Waals surface area contributed by atoms with Gasteiger partial charge in [0.25, 0.3) is 0 Å². The van der Waals surface area contributed by atoms with Gasteiger partial charge in [0.15, 0.2) is 0 Å². The van der Waals surface area contributed by atoms with Gasteiger partial charge in [-0.05, 0) is 49.2 Å². The van der Waals surface area contributed by atoms with E-state index >= 15 is 0 Å². The highest BCUT2D eigenvalue weighted by Gasteiger charge is 2.13. The monoisotopic (exact) mass is 269 g/mol. The largest absolute Gasteiger partial charge is 0.497 e. The predicted octanol–water partition coefficient (Wildman–Crippen LogP) is 3.92. The molecule has 0 saturated carbocycles. The molecule has 20 heavy (non-hydrogen) atoms. The fourth-order valence-electron chi connectivity index (χ4n) is 2.03. The number of ketones is 1. The Morgan fingerprint density at radius 3 is 2.60 bits per heavy atom. The minimum Gasteiger partial charge on any atom is -0.497 e. The SMILES string of the molecule is CCC=Cn1cc(C)cc1C(=O)c1ccc(OC)cc1. The number of ether oxygens (including phenoxy) is 1. The number of hydrogen-bond acceptors (Lipinski definition) is 2. The number of hydrogen-bond donors (Lipinski definition) is 0. The van der Waals surface area contributed by atoms with Crippen molar-refractivity contribution in [1.82, 2.24) is 4.57 Å². The molecule has 104 valence electrons. The maximum atomic E-state index is 12.5. The molecule has 2 aromatic rings. The van der Waals surface area contributed by atoms with Crippen LogP contribution in [0.5, 0.6) is 5.75 Å². The lowest BCUT2D eigenvalue weighted by molar-refractivity contribution is 0.103. The number of carbonyl (C=O) groups excluding carboxylic acids is 1. The van der Waals surface area contributed by atoms with E-state index in [4.69, 9.17) is 4.74 Å². The van der Waals surface area contributed by atoms with E-state index in [-0.39, 0.29) is 5.78 Å². The van der Waals surface area contributed by atoms with Gasteiger partial charge in [0.2, 0.25) is 5.78 Å². The summed E-state index contributed by atoms with van der Waals surface area (Å²) in [7, 11) is 1.61. The van der Waals surface area contributed by atoms with Crippen LogP contribution in [0.15, 0.2) is 42.6 Å². The molecule has 1 aromatic heterocycles. The smallest absolute Gasteiger partial charge is 0.209 e. The first kappa shape index (κ1) is 14.1. The summed E-state index contributed by atoms with van der Waals surface area (Å²) in [6.07, 6.45) is 6.87. The van der Waals surface area contributed by atoms with Crippen LogP contribution in [0.3, 0.4) is 0 Å². The Bertz CT molecular complexity index is 621. The van der Waals surface area contributed by atoms with Crippen molar-refractivity contribution in [1.29, 1.82) is 0 Å². The molecule has 0 spiro atoms. The third-order valence-corrected chi connectivity index (χ3v) is 3.07. The summed E-state index contributed by atoms with van der Waals surface area (Å²) in [5.41, 5.74) is 2.41. The molecule has 0 radical (unpaired) electrons. The van der Waals surface area contributed by atoms with E-state index in [1.807, 2.05) is 36.0 Å². The highest BCUT2D eigenvalue weighted by molar-refractivity contribution is 6.08. The van der Waals surface area contributed by atoms with Gasteiger partial charge in [0.05, 0.1) is 12.8 Å². The zero-order chi connectivity index (χ0) is 14.5. The lowest BCUT2D eigenvalue weighted by atomic mass is 10.1. The van der Waals surface area contributed by atoms with Crippen LogP contribution >= 0.6 is 0 Å². The second-order valence-electron chi connectivity index (χ2n) is 4.66. The highest BCUT2D eigenvalue weighted by Crippen LogP contribution is 2.17. The van der Waals surface area contributed by atoms with Gasteiger partial charge in [-0.3, -0.25) is 4.79 Å². The lowest BCUT2D eigenvalue weighted by Crippen LogP contribution is -2.06. The van der Waals surface area contributed by atoms with Crippen LogP contribution < -0.4 is 4.74 Å². The van der Waals surface area contributed by atoms with Gasteiger partial charge in [0.1, 0.15) is 5.75 Å². The van der Waals surface area contributed by atoms with Crippen LogP contribution in [0.1, 0.15) is 35.0 Å². The fourth-order valence-corrected chi connectivity index (χ4v) is 2.03. The number of methoxy groups -OCH3 is 1. The Morgan fingerprint density at radius 2 is 2.00 bits per heavy atom. The molecule has 0 N–H and O–H groups in total. The molecular formula is C17H19NO2. The first-order valence-corrected chi connectivity index (χ1v) is 6.69. The third kappa shape index (κ3) is 2.99. The topological polar surface area (TPSA) is 31.2 Å². The molecule has 0 amide bonds. The van der Waals surface area contributed by atoms with E-state index in [1.54, 1.807) is 31.4 Å². The van der Waals surface area contributed by atoms with Crippen molar-refractivity contribution < 1.29 is 9.53 Å². The molecule has 1 heterocycles. The molecule has 1 aromatic carbocycles. The second-order valence-corrected chi connectivity index (χ2v) is 4.66. The molecule has 0 aliphatic heterocycles. The Morgan fingerprint density at radius 1 is 1.30 bits per heavy atom. The molecule has 0 unspecified atom stereocenters. The lowest BCUT2D eigenvalue weighted by Gasteiger charge is -2.05. The molecule has 0 bridgehead atoms. The van der Waals surface area contributed by atoms with Crippen LogP contribution in [-0.4, -0.2) is 17.5 Å². The second kappa shape index (κ2) is 6.24. The van der Waals surface area contributed by atoms with E-state index in [0.717, 1.165) is 17.7 Å². The van der Waals surface area contributed by atoms with Crippen molar-refractivity contribution in [3.05, 3.63) is 59.4 Å². The molecule has 2 rings (SSSR count). The van der Waals surface area contributed by atoms with E-state index in [0.29, 0.717) is 11.3 Å². The number of aromatic nitrogens is 1. The van der Waals surface area contributed by atoms with Crippen molar-refractivity contribution in [3.63, 3.8) is 0 Å². The van der Waals surface area contributed by atoms with E-state index in [2.05, 4.69) is 6.92 Å². The first-order valence-electron chi connectivity index (χ1n) is 6.69. The van der Waals surface area contributed by atoms with Crippen molar-refractivity contribution in [2.45, 2.75) is 20.3 Å². The molecule has 0 fully saturated rings. The van der Waals surface area contributed by atoms with Crippen LogP contribution in [0.2, 0.25) is 0 Å². The standard InChI is InChI=1S/C17H19NO2/c1-4-5-10-18-12-13(2)11-16(18)17(19)14-6-8-15(20-3)9-7-14/h5-12H,4H2,1-3H3. The van der Waals surface area contributed by atoms with Crippen molar-refractivity contribution >= 4 is 12.0 Å². The third-order valence-electron chi connectivity index (χ3n) is 3.07. The quantitative estimate of drug-likeness (QED) is 0.770. The molecule has 3 heteroatoms. The number of aryl methyl sites for hydroxylation is 1. The number of carbonyl (C=O) groups is 1. The van der Waals surface area contributed by atoms with Crippen LogP contribution in [0, 0.1) is 6.92 Å². The van der Waals surface area contributed by atoms with Crippen molar-refractivity contribution in [3.8, 4) is 5.75 Å². The summed E-state index contributed by atoms with van der Waals surface area (Å²) < 4.78 is 6.99. The summed E-state index contributed by atoms with van der Waals surface area (Å²) in [5.74, 6) is 0.764. The van der Waals surface area contributed by atoms with Gasteiger partial charge in [-0.25, -0.2) is 0 Å². The van der Waals surface area contributed by atoms with Crippen molar-refractivity contribution in [2.24, 2.45) is 0 Å². The van der Waals surface area contributed by atoms with Crippen LogP contribution in [0.25, 0.3) is 6.20 Å². The minimum absolute atomic E-state index is 0.0153. The van der Waals surface area contributed by atoms with Gasteiger partial charge in [-0.1, -0.05) is 13.0 Å². The van der Waals surface area contributed by atoms with Gasteiger partial charge in [-0.15, -0.1) is 0 Å². The van der Waals surface area contributed by atoms with Gasteiger partial charge >= 0.3 is 0 Å². The average Bonchev–Trinajstić information content (AvgIpc) is 2.85. The minimum atomic E-state index is 0.0153. The number of allylic oxidation sites excluding steroid dienone is 1. The Balaban J connectivity index is 2.34. The number of benzene rings is 1. The first-order chi connectivity index (χ1) is 9.65. The maximum Gasteiger partial charge on any atom is 0.209 e. The molecule has 3 nitrogen and oxygen atoms in total. The highest BCUT2D eigenvalue weighted by atomic mass is 16.5. The molecule has 0 aliphatic rings. The predicted molar refractivity (Wildman–Crippen MR) is 81.2 cm³/mol. The summed E-state index contributed by atoms with van der Waals surface area (Å²) in [6.45, 7) is 4.05. The van der Waals surface area contributed by atoms with E-state index in [1.165, 1.54) is 0 Å².